The van der Waals surface area contributed by atoms with E-state index in [1.807, 2.05) is 0 Å². The standard InChI is InChI=1S/C7H7ClFN3O2/c1-14-7(13)5-6(12(9)4-8)11-3-2-10-5/h2-3H,4H2,1H3. The highest BCUT2D eigenvalue weighted by Gasteiger charge is 2.19. The third-order valence-corrected chi connectivity index (χ3v) is 1.60. The van der Waals surface area contributed by atoms with Gasteiger partial charge < -0.3 is 4.74 Å². The van der Waals surface area contributed by atoms with Crippen molar-refractivity contribution in [3.05, 3.63) is 18.1 Å². The Labute approximate surface area is 84.4 Å². The number of hydrogen-bond donors (Lipinski definition) is 0. The molecule has 0 atom stereocenters. The molecule has 0 aromatic carbocycles. The van der Waals surface area contributed by atoms with Gasteiger partial charge in [-0.3, -0.25) is 0 Å². The molecule has 0 spiro atoms. The van der Waals surface area contributed by atoms with Gasteiger partial charge in [-0.1, -0.05) is 16.1 Å². The lowest BCUT2D eigenvalue weighted by Crippen LogP contribution is -2.17. The second-order valence-electron chi connectivity index (χ2n) is 2.20. The number of esters is 1. The summed E-state index contributed by atoms with van der Waals surface area (Å²) in [4.78, 5) is 18.4. The van der Waals surface area contributed by atoms with Gasteiger partial charge in [0, 0.05) is 12.4 Å². The molecule has 0 radical (unpaired) electrons. The van der Waals surface area contributed by atoms with Gasteiger partial charge >= 0.3 is 5.97 Å². The molecule has 0 aliphatic heterocycles. The minimum absolute atomic E-state index is 0.0980. The van der Waals surface area contributed by atoms with E-state index in [4.69, 9.17) is 11.6 Å². The summed E-state index contributed by atoms with van der Waals surface area (Å²) >= 11 is 5.24. The second-order valence-corrected chi connectivity index (χ2v) is 2.44. The van der Waals surface area contributed by atoms with Crippen LogP contribution in [0, 0.1) is 0 Å². The van der Waals surface area contributed by atoms with Gasteiger partial charge in [0.25, 0.3) is 0 Å². The summed E-state index contributed by atoms with van der Waals surface area (Å²) < 4.78 is 17.4. The van der Waals surface area contributed by atoms with Gasteiger partial charge in [0.2, 0.25) is 0 Å². The van der Waals surface area contributed by atoms with E-state index < -0.39 is 12.0 Å². The lowest BCUT2D eigenvalue weighted by molar-refractivity contribution is 0.0593. The van der Waals surface area contributed by atoms with E-state index in [0.717, 1.165) is 0 Å². The van der Waals surface area contributed by atoms with Crippen LogP contribution in [0.25, 0.3) is 0 Å². The lowest BCUT2D eigenvalue weighted by atomic mass is 10.4. The van der Waals surface area contributed by atoms with Crippen LogP contribution in [0.4, 0.5) is 10.3 Å². The molecular weight excluding hydrogens is 213 g/mol. The SMILES string of the molecule is COC(=O)c1nccnc1N(F)CCl. The quantitative estimate of drug-likeness (QED) is 0.330. The predicted octanol–water partition coefficient (Wildman–Crippen LogP) is 1.15. The van der Waals surface area contributed by atoms with Crippen LogP contribution in [-0.2, 0) is 4.74 Å². The first-order valence-corrected chi connectivity index (χ1v) is 4.12. The Morgan fingerprint density at radius 3 is 2.86 bits per heavy atom. The second kappa shape index (κ2) is 4.71. The number of hydrogen-bond acceptors (Lipinski definition) is 5. The number of carbonyl (C=O) groups is 1. The summed E-state index contributed by atoms with van der Waals surface area (Å²) in [5.74, 6) is -1.02. The van der Waals surface area contributed by atoms with E-state index in [1.165, 1.54) is 19.5 Å². The molecule has 0 unspecified atom stereocenters. The van der Waals surface area contributed by atoms with Gasteiger partial charge in [0.05, 0.1) is 7.11 Å². The fourth-order valence-corrected chi connectivity index (χ4v) is 0.919. The molecule has 7 heteroatoms. The molecule has 14 heavy (non-hydrogen) atoms. The zero-order valence-electron chi connectivity index (χ0n) is 7.28. The summed E-state index contributed by atoms with van der Waals surface area (Å²) in [6, 6.07) is -0.442. The summed E-state index contributed by atoms with van der Waals surface area (Å²) in [6.45, 7) is 0. The van der Waals surface area contributed by atoms with Crippen molar-refractivity contribution >= 4 is 23.4 Å². The number of anilines is 1. The van der Waals surface area contributed by atoms with Gasteiger partial charge in [-0.25, -0.2) is 14.8 Å². The highest BCUT2D eigenvalue weighted by molar-refractivity contribution is 6.18. The molecule has 1 rings (SSSR count). The van der Waals surface area contributed by atoms with Crippen LogP contribution in [0.15, 0.2) is 12.4 Å². The fourth-order valence-electron chi connectivity index (χ4n) is 0.806. The molecule has 0 amide bonds. The third kappa shape index (κ3) is 2.08. The van der Waals surface area contributed by atoms with Gasteiger partial charge in [0.15, 0.2) is 11.5 Å². The molecule has 0 fully saturated rings. The van der Waals surface area contributed by atoms with Crippen LogP contribution in [0.5, 0.6) is 0 Å². The third-order valence-electron chi connectivity index (χ3n) is 1.39. The smallest absolute Gasteiger partial charge is 0.360 e. The van der Waals surface area contributed by atoms with E-state index >= 15 is 0 Å². The molecule has 5 nitrogen and oxygen atoms in total. The summed E-state index contributed by atoms with van der Waals surface area (Å²) in [5, 5.41) is 0.0980. The predicted molar refractivity (Wildman–Crippen MR) is 47.7 cm³/mol. The minimum Gasteiger partial charge on any atom is -0.464 e. The van der Waals surface area contributed by atoms with Crippen molar-refractivity contribution in [1.82, 2.24) is 9.97 Å². The molecule has 1 heterocycles. The molecule has 1 aromatic rings. The Morgan fingerprint density at radius 1 is 1.64 bits per heavy atom. The first kappa shape index (κ1) is 10.6. The largest absolute Gasteiger partial charge is 0.464 e. The van der Waals surface area contributed by atoms with Crippen LogP contribution in [0.2, 0.25) is 0 Å². The lowest BCUT2D eigenvalue weighted by Gasteiger charge is -2.10. The van der Waals surface area contributed by atoms with Crippen molar-refractivity contribution in [1.29, 1.82) is 0 Å². The Balaban J connectivity index is 3.09. The average Bonchev–Trinajstić information content (AvgIpc) is 2.27. The van der Waals surface area contributed by atoms with Crippen molar-refractivity contribution in [2.24, 2.45) is 0 Å². The Kier molecular flexibility index (Phi) is 3.58. The number of ether oxygens (including phenoxy) is 1. The molecule has 0 N–H and O–H groups in total. The average molecular weight is 220 g/mol. The maximum Gasteiger partial charge on any atom is 0.360 e. The van der Waals surface area contributed by atoms with Crippen LogP contribution in [0.1, 0.15) is 10.5 Å². The molecule has 1 aromatic heterocycles. The molecule has 0 saturated heterocycles. The first-order valence-electron chi connectivity index (χ1n) is 3.59. The van der Waals surface area contributed by atoms with E-state index in [9.17, 15) is 9.28 Å². The van der Waals surface area contributed by atoms with Crippen molar-refractivity contribution in [3.8, 4) is 0 Å². The van der Waals surface area contributed by atoms with Gasteiger partial charge in [-0.2, -0.15) is 5.12 Å². The van der Waals surface area contributed by atoms with Crippen molar-refractivity contribution < 1.29 is 14.0 Å². The number of carbonyl (C=O) groups excluding carboxylic acids is 1. The normalized spacial score (nSPS) is 9.64. The zero-order chi connectivity index (χ0) is 10.6. The number of methoxy groups -OCH3 is 1. The topological polar surface area (TPSA) is 55.3 Å². The maximum atomic E-state index is 13.0. The summed E-state index contributed by atoms with van der Waals surface area (Å²) in [6.07, 6.45) is 2.51. The molecule has 0 aliphatic carbocycles. The van der Waals surface area contributed by atoms with Gasteiger partial charge in [-0.15, -0.1) is 0 Å². The van der Waals surface area contributed by atoms with E-state index in [1.54, 1.807) is 0 Å². The van der Waals surface area contributed by atoms with E-state index in [-0.39, 0.29) is 16.6 Å². The summed E-state index contributed by atoms with van der Waals surface area (Å²) in [5.41, 5.74) is -0.210. The zero-order valence-corrected chi connectivity index (χ0v) is 8.03. The Morgan fingerprint density at radius 2 is 2.29 bits per heavy atom. The van der Waals surface area contributed by atoms with Crippen LogP contribution in [-0.4, -0.2) is 29.1 Å². The van der Waals surface area contributed by atoms with Gasteiger partial charge in [0.1, 0.15) is 6.00 Å². The number of nitrogens with zero attached hydrogens (tertiary/aromatic N) is 3. The Bertz CT molecular complexity index is 336. The first-order chi connectivity index (χ1) is 6.70. The fraction of sp³-hybridized carbons (Fsp3) is 0.286. The maximum absolute atomic E-state index is 13.0. The minimum atomic E-state index is -0.763. The van der Waals surface area contributed by atoms with Crippen molar-refractivity contribution in [2.45, 2.75) is 0 Å². The summed E-state index contributed by atoms with van der Waals surface area (Å²) in [7, 11) is 1.17. The number of halogens is 2. The van der Waals surface area contributed by atoms with Crippen molar-refractivity contribution in [2.75, 3.05) is 18.2 Å². The molecule has 0 saturated carbocycles. The highest BCUT2D eigenvalue weighted by Crippen LogP contribution is 2.16. The highest BCUT2D eigenvalue weighted by atomic mass is 35.5. The molecular formula is C7H7ClFN3O2. The molecule has 0 aliphatic rings. The van der Waals surface area contributed by atoms with Crippen LogP contribution >= 0.6 is 11.6 Å². The van der Waals surface area contributed by atoms with E-state index in [2.05, 4.69) is 14.7 Å². The molecule has 76 valence electrons. The van der Waals surface area contributed by atoms with Gasteiger partial charge in [-0.05, 0) is 0 Å². The van der Waals surface area contributed by atoms with Crippen LogP contribution in [0.3, 0.4) is 0 Å². The van der Waals surface area contributed by atoms with Crippen LogP contribution < -0.4 is 5.12 Å². The molecule has 0 bridgehead atoms. The number of alkyl halides is 1. The number of rotatable bonds is 3. The van der Waals surface area contributed by atoms with Crippen molar-refractivity contribution in [3.63, 3.8) is 0 Å². The monoisotopic (exact) mass is 219 g/mol. The van der Waals surface area contributed by atoms with E-state index in [0.29, 0.717) is 0 Å². The Hall–Kier alpha value is -1.43. The number of aromatic nitrogens is 2.